The predicted octanol–water partition coefficient (Wildman–Crippen LogP) is 2.65. The van der Waals surface area contributed by atoms with E-state index in [0.29, 0.717) is 37.8 Å². The molecule has 0 spiro atoms. The second kappa shape index (κ2) is 9.48. The van der Waals surface area contributed by atoms with Gasteiger partial charge in [-0.3, -0.25) is 4.79 Å². The van der Waals surface area contributed by atoms with Gasteiger partial charge in [0.15, 0.2) is 0 Å². The molecular weight excluding hydrogens is 352 g/mol. The van der Waals surface area contributed by atoms with Gasteiger partial charge in [0.2, 0.25) is 10.0 Å². The number of benzene rings is 1. The van der Waals surface area contributed by atoms with Crippen LogP contribution in [0.1, 0.15) is 50.4 Å². The molecule has 1 fully saturated rings. The van der Waals surface area contributed by atoms with E-state index in [4.69, 9.17) is 4.74 Å². The fourth-order valence-corrected chi connectivity index (χ4v) is 4.33. The van der Waals surface area contributed by atoms with E-state index in [2.05, 4.69) is 19.2 Å². The molecular formula is C19H30N2O4S. The molecule has 1 aromatic carbocycles. The van der Waals surface area contributed by atoms with E-state index in [1.165, 1.54) is 16.4 Å². The van der Waals surface area contributed by atoms with Crippen molar-refractivity contribution in [3.8, 4) is 0 Å². The maximum atomic E-state index is 12.6. The van der Waals surface area contributed by atoms with Gasteiger partial charge in [-0.15, -0.1) is 0 Å². The molecule has 1 aliphatic heterocycles. The zero-order chi connectivity index (χ0) is 19.2. The topological polar surface area (TPSA) is 75.7 Å². The number of carbonyl (C=O) groups is 1. The van der Waals surface area contributed by atoms with Crippen LogP contribution in [0.5, 0.6) is 0 Å². The van der Waals surface area contributed by atoms with Gasteiger partial charge in [-0.25, -0.2) is 8.42 Å². The second-order valence-electron chi connectivity index (χ2n) is 7.24. The lowest BCUT2D eigenvalue weighted by Gasteiger charge is -2.26. The molecule has 0 unspecified atom stereocenters. The van der Waals surface area contributed by atoms with Gasteiger partial charge in [-0.2, -0.15) is 4.31 Å². The summed E-state index contributed by atoms with van der Waals surface area (Å²) in [4.78, 5) is 12.5. The predicted molar refractivity (Wildman–Crippen MR) is 102 cm³/mol. The van der Waals surface area contributed by atoms with Crippen molar-refractivity contribution >= 4 is 15.9 Å². The Morgan fingerprint density at radius 2 is 1.73 bits per heavy atom. The molecule has 2 rings (SSSR count). The van der Waals surface area contributed by atoms with Crippen LogP contribution in [0.4, 0.5) is 0 Å². The summed E-state index contributed by atoms with van der Waals surface area (Å²) in [6.45, 7) is 7.92. The molecule has 0 aromatic heterocycles. The standard InChI is InChI=1S/C19H30N2O4S/c1-15(2)5-4-6-16(3)20-19(22)17-7-9-18(10-8-17)26(23,24)21-11-13-25-14-12-21/h7-10,15-16H,4-6,11-14H2,1-3H3,(H,20,22)/t16-/m0/s1. The Kier molecular flexibility index (Phi) is 7.61. The summed E-state index contributed by atoms with van der Waals surface area (Å²) in [6, 6.07) is 6.25. The molecule has 1 amide bonds. The van der Waals surface area contributed by atoms with Gasteiger partial charge in [0, 0.05) is 24.7 Å². The van der Waals surface area contributed by atoms with E-state index in [9.17, 15) is 13.2 Å². The third kappa shape index (κ3) is 5.79. The molecule has 0 saturated carbocycles. The first-order valence-electron chi connectivity index (χ1n) is 9.29. The van der Waals surface area contributed by atoms with Crippen LogP contribution in [0.25, 0.3) is 0 Å². The molecule has 1 saturated heterocycles. The Hall–Kier alpha value is -1.44. The molecule has 26 heavy (non-hydrogen) atoms. The molecule has 1 N–H and O–H groups in total. The Bertz CT molecular complexity index is 680. The lowest BCUT2D eigenvalue weighted by atomic mass is 10.0. The minimum Gasteiger partial charge on any atom is -0.379 e. The first-order chi connectivity index (χ1) is 12.3. The molecule has 1 aliphatic rings. The quantitative estimate of drug-likeness (QED) is 0.750. The number of morpholine rings is 1. The van der Waals surface area contributed by atoms with E-state index in [1.54, 1.807) is 12.1 Å². The maximum absolute atomic E-state index is 12.6. The lowest BCUT2D eigenvalue weighted by molar-refractivity contribution is 0.0730. The number of amides is 1. The highest BCUT2D eigenvalue weighted by atomic mass is 32.2. The number of sulfonamides is 1. The van der Waals surface area contributed by atoms with Gasteiger partial charge in [0.1, 0.15) is 0 Å². The van der Waals surface area contributed by atoms with E-state index in [1.807, 2.05) is 6.92 Å². The normalized spacial score (nSPS) is 17.2. The smallest absolute Gasteiger partial charge is 0.251 e. The number of carbonyl (C=O) groups excluding carboxylic acids is 1. The average molecular weight is 383 g/mol. The van der Waals surface area contributed by atoms with Gasteiger partial charge >= 0.3 is 0 Å². The Morgan fingerprint density at radius 3 is 2.31 bits per heavy atom. The molecule has 1 heterocycles. The lowest BCUT2D eigenvalue weighted by Crippen LogP contribution is -2.40. The minimum absolute atomic E-state index is 0.0954. The first kappa shape index (κ1) is 20.9. The van der Waals surface area contributed by atoms with Crippen molar-refractivity contribution in [2.45, 2.75) is 51.0 Å². The maximum Gasteiger partial charge on any atom is 0.251 e. The second-order valence-corrected chi connectivity index (χ2v) is 9.18. The van der Waals surface area contributed by atoms with Crippen LogP contribution in [0.15, 0.2) is 29.2 Å². The van der Waals surface area contributed by atoms with E-state index >= 15 is 0 Å². The first-order valence-corrected chi connectivity index (χ1v) is 10.7. The fraction of sp³-hybridized carbons (Fsp3) is 0.632. The van der Waals surface area contributed by atoms with Crippen LogP contribution in [0.3, 0.4) is 0 Å². The number of hydrogen-bond acceptors (Lipinski definition) is 4. The Labute approximate surface area is 157 Å². The summed E-state index contributed by atoms with van der Waals surface area (Å²) >= 11 is 0. The van der Waals surface area contributed by atoms with Crippen molar-refractivity contribution in [3.05, 3.63) is 29.8 Å². The third-order valence-corrected chi connectivity index (χ3v) is 6.43. The van der Waals surface area contributed by atoms with E-state index in [0.717, 1.165) is 19.3 Å². The van der Waals surface area contributed by atoms with Gasteiger partial charge in [-0.05, 0) is 43.5 Å². The zero-order valence-corrected chi connectivity index (χ0v) is 16.7. The van der Waals surface area contributed by atoms with Crippen molar-refractivity contribution in [2.75, 3.05) is 26.3 Å². The van der Waals surface area contributed by atoms with Crippen molar-refractivity contribution in [3.63, 3.8) is 0 Å². The van der Waals surface area contributed by atoms with Crippen LogP contribution in [0.2, 0.25) is 0 Å². The highest BCUT2D eigenvalue weighted by Gasteiger charge is 2.26. The number of hydrogen-bond donors (Lipinski definition) is 1. The Balaban J connectivity index is 1.94. The number of rotatable bonds is 8. The average Bonchev–Trinajstić information content (AvgIpc) is 2.62. The Morgan fingerprint density at radius 1 is 1.12 bits per heavy atom. The van der Waals surface area contributed by atoms with E-state index in [-0.39, 0.29) is 16.8 Å². The van der Waals surface area contributed by atoms with Crippen molar-refractivity contribution < 1.29 is 17.9 Å². The molecule has 1 aromatic rings. The van der Waals surface area contributed by atoms with Crippen molar-refractivity contribution in [2.24, 2.45) is 5.92 Å². The molecule has 0 bridgehead atoms. The molecule has 146 valence electrons. The number of ether oxygens (including phenoxy) is 1. The summed E-state index contributed by atoms with van der Waals surface area (Å²) in [5.74, 6) is 0.497. The summed E-state index contributed by atoms with van der Waals surface area (Å²) in [7, 11) is -3.53. The van der Waals surface area contributed by atoms with Crippen LogP contribution in [-0.2, 0) is 14.8 Å². The molecule has 1 atom stereocenters. The van der Waals surface area contributed by atoms with Crippen LogP contribution in [0, 0.1) is 5.92 Å². The van der Waals surface area contributed by atoms with Crippen LogP contribution < -0.4 is 5.32 Å². The summed E-state index contributed by atoms with van der Waals surface area (Å²) in [5, 5.41) is 2.98. The fourth-order valence-electron chi connectivity index (χ4n) is 2.93. The largest absolute Gasteiger partial charge is 0.379 e. The molecule has 7 heteroatoms. The molecule has 0 radical (unpaired) electrons. The highest BCUT2D eigenvalue weighted by molar-refractivity contribution is 7.89. The van der Waals surface area contributed by atoms with Crippen molar-refractivity contribution in [1.29, 1.82) is 0 Å². The van der Waals surface area contributed by atoms with Gasteiger partial charge in [0.25, 0.3) is 5.91 Å². The minimum atomic E-state index is -3.53. The molecule has 0 aliphatic carbocycles. The SMILES string of the molecule is CC(C)CCC[C@H](C)NC(=O)c1ccc(S(=O)(=O)N2CCOCC2)cc1. The van der Waals surface area contributed by atoms with Crippen LogP contribution >= 0.6 is 0 Å². The van der Waals surface area contributed by atoms with Crippen molar-refractivity contribution in [1.82, 2.24) is 9.62 Å². The van der Waals surface area contributed by atoms with Crippen LogP contribution in [-0.4, -0.2) is 51.0 Å². The number of nitrogens with zero attached hydrogens (tertiary/aromatic N) is 1. The van der Waals surface area contributed by atoms with E-state index < -0.39 is 10.0 Å². The summed E-state index contributed by atoms with van der Waals surface area (Å²) in [5.41, 5.74) is 0.474. The number of nitrogens with one attached hydrogen (secondary N) is 1. The zero-order valence-electron chi connectivity index (χ0n) is 15.9. The highest BCUT2D eigenvalue weighted by Crippen LogP contribution is 2.18. The van der Waals surface area contributed by atoms with Gasteiger partial charge < -0.3 is 10.1 Å². The third-order valence-electron chi connectivity index (χ3n) is 4.52. The monoisotopic (exact) mass is 382 g/mol. The summed E-state index contributed by atoms with van der Waals surface area (Å²) in [6.07, 6.45) is 3.16. The van der Waals surface area contributed by atoms with Gasteiger partial charge in [0.05, 0.1) is 18.1 Å². The molecule has 6 nitrogen and oxygen atoms in total. The van der Waals surface area contributed by atoms with Gasteiger partial charge in [-0.1, -0.05) is 26.7 Å². The summed E-state index contributed by atoms with van der Waals surface area (Å²) < 4.78 is 31.8.